The van der Waals surface area contributed by atoms with Gasteiger partial charge in [-0.05, 0) is 42.0 Å². The zero-order chi connectivity index (χ0) is 13.9. The molecule has 1 aliphatic heterocycles. The zero-order valence-corrected chi connectivity index (χ0v) is 10.7. The molecule has 2 aromatic rings. The van der Waals surface area contributed by atoms with Crippen molar-refractivity contribution in [3.05, 3.63) is 77.3 Å². The summed E-state index contributed by atoms with van der Waals surface area (Å²) in [6.45, 7) is 0. The summed E-state index contributed by atoms with van der Waals surface area (Å²) in [5, 5.41) is 0. The molecule has 0 atom stereocenters. The quantitative estimate of drug-likeness (QED) is 0.877. The van der Waals surface area contributed by atoms with Crippen LogP contribution in [0.2, 0.25) is 0 Å². The predicted molar refractivity (Wildman–Crippen MR) is 79.4 cm³/mol. The van der Waals surface area contributed by atoms with Crippen LogP contribution in [0.5, 0.6) is 0 Å². The standard InChI is InChI=1S/C16H13N3O/c17-16(20)12-7-5-11(6-8-12)15(13-3-1-9-18-13)14-4-2-10-19-14/h1-10,18H,(H2,17,20)/b15-14+. The second-order valence-electron chi connectivity index (χ2n) is 4.42. The number of aromatic nitrogens is 1. The van der Waals surface area contributed by atoms with Gasteiger partial charge in [-0.2, -0.15) is 0 Å². The first-order valence-electron chi connectivity index (χ1n) is 6.25. The van der Waals surface area contributed by atoms with Crippen molar-refractivity contribution in [3.63, 3.8) is 0 Å². The van der Waals surface area contributed by atoms with Crippen molar-refractivity contribution >= 4 is 17.7 Å². The molecule has 0 unspecified atom stereocenters. The highest BCUT2D eigenvalue weighted by Crippen LogP contribution is 2.28. The summed E-state index contributed by atoms with van der Waals surface area (Å²) >= 11 is 0. The van der Waals surface area contributed by atoms with E-state index in [1.165, 1.54) is 0 Å². The van der Waals surface area contributed by atoms with Gasteiger partial charge in [0.15, 0.2) is 0 Å². The highest BCUT2D eigenvalue weighted by Gasteiger charge is 2.12. The topological polar surface area (TPSA) is 71.2 Å². The van der Waals surface area contributed by atoms with Crippen molar-refractivity contribution in [3.8, 4) is 0 Å². The Hall–Kier alpha value is -2.88. The molecule has 0 radical (unpaired) electrons. The Bertz CT molecular complexity index is 706. The van der Waals surface area contributed by atoms with Gasteiger partial charge in [-0.15, -0.1) is 0 Å². The predicted octanol–water partition coefficient (Wildman–Crippen LogP) is 2.51. The van der Waals surface area contributed by atoms with E-state index in [2.05, 4.69) is 9.98 Å². The first kappa shape index (κ1) is 12.2. The second kappa shape index (κ2) is 5.01. The van der Waals surface area contributed by atoms with Gasteiger partial charge in [-0.3, -0.25) is 9.79 Å². The van der Waals surface area contributed by atoms with Crippen molar-refractivity contribution in [2.75, 3.05) is 0 Å². The van der Waals surface area contributed by atoms with E-state index in [9.17, 15) is 4.79 Å². The number of aliphatic imine (C=N–C) groups is 1. The highest BCUT2D eigenvalue weighted by atomic mass is 16.1. The Morgan fingerprint density at radius 3 is 2.40 bits per heavy atom. The number of H-pyrrole nitrogens is 1. The number of rotatable bonds is 3. The highest BCUT2D eigenvalue weighted by molar-refractivity contribution is 5.94. The first-order chi connectivity index (χ1) is 9.75. The van der Waals surface area contributed by atoms with E-state index in [1.54, 1.807) is 18.3 Å². The molecule has 0 aliphatic carbocycles. The Morgan fingerprint density at radius 1 is 1.10 bits per heavy atom. The van der Waals surface area contributed by atoms with Gasteiger partial charge in [-0.1, -0.05) is 12.1 Å². The number of carbonyl (C=O) groups excluding carboxylic acids is 1. The third-order valence-corrected chi connectivity index (χ3v) is 3.14. The molecule has 0 fully saturated rings. The van der Waals surface area contributed by atoms with E-state index in [1.807, 2.05) is 42.6 Å². The van der Waals surface area contributed by atoms with Crippen molar-refractivity contribution in [2.45, 2.75) is 0 Å². The van der Waals surface area contributed by atoms with Gasteiger partial charge in [0, 0.05) is 29.2 Å². The number of hydrogen-bond donors (Lipinski definition) is 2. The Kier molecular flexibility index (Phi) is 3.05. The van der Waals surface area contributed by atoms with Crippen LogP contribution in [0, 0.1) is 0 Å². The van der Waals surface area contributed by atoms with Crippen molar-refractivity contribution in [1.29, 1.82) is 0 Å². The lowest BCUT2D eigenvalue weighted by molar-refractivity contribution is 0.100. The van der Waals surface area contributed by atoms with Crippen LogP contribution in [0.15, 0.2) is 65.4 Å². The van der Waals surface area contributed by atoms with Gasteiger partial charge < -0.3 is 10.7 Å². The van der Waals surface area contributed by atoms with Crippen LogP contribution in [0.4, 0.5) is 0 Å². The number of primary amides is 1. The molecule has 0 bridgehead atoms. The first-order valence-corrected chi connectivity index (χ1v) is 6.25. The maximum Gasteiger partial charge on any atom is 0.248 e. The zero-order valence-electron chi connectivity index (χ0n) is 10.7. The summed E-state index contributed by atoms with van der Waals surface area (Å²) in [6, 6.07) is 11.1. The summed E-state index contributed by atoms with van der Waals surface area (Å²) < 4.78 is 0. The molecule has 0 saturated carbocycles. The molecule has 0 spiro atoms. The monoisotopic (exact) mass is 263 g/mol. The molecule has 0 saturated heterocycles. The number of nitrogens with two attached hydrogens (primary N) is 1. The van der Waals surface area contributed by atoms with Crippen LogP contribution in [0.25, 0.3) is 5.57 Å². The maximum atomic E-state index is 11.1. The van der Waals surface area contributed by atoms with Crippen molar-refractivity contribution in [1.82, 2.24) is 4.98 Å². The van der Waals surface area contributed by atoms with Crippen molar-refractivity contribution in [2.24, 2.45) is 10.7 Å². The number of benzene rings is 1. The normalized spacial score (nSPS) is 15.6. The van der Waals surface area contributed by atoms with Gasteiger partial charge in [0.05, 0.1) is 5.70 Å². The van der Waals surface area contributed by atoms with Gasteiger partial charge >= 0.3 is 0 Å². The maximum absolute atomic E-state index is 11.1. The molecule has 4 heteroatoms. The number of allylic oxidation sites excluding steroid dienone is 2. The summed E-state index contributed by atoms with van der Waals surface area (Å²) in [4.78, 5) is 18.7. The SMILES string of the molecule is NC(=O)c1ccc(/C(=C2/C=CC=N2)c2ccc[nH]2)cc1. The minimum absolute atomic E-state index is 0.426. The minimum Gasteiger partial charge on any atom is -0.366 e. The summed E-state index contributed by atoms with van der Waals surface area (Å²) in [5.74, 6) is -0.426. The van der Waals surface area contributed by atoms with Gasteiger partial charge in [-0.25, -0.2) is 0 Å². The van der Waals surface area contributed by atoms with Crippen LogP contribution < -0.4 is 5.73 Å². The van der Waals surface area contributed by atoms with E-state index < -0.39 is 5.91 Å². The Labute approximate surface area is 116 Å². The molecular weight excluding hydrogens is 250 g/mol. The van der Waals surface area contributed by atoms with Crippen LogP contribution in [-0.4, -0.2) is 17.1 Å². The number of aromatic amines is 1. The number of carbonyl (C=O) groups is 1. The molecule has 4 nitrogen and oxygen atoms in total. The third-order valence-electron chi connectivity index (χ3n) is 3.14. The van der Waals surface area contributed by atoms with E-state index in [4.69, 9.17) is 5.73 Å². The summed E-state index contributed by atoms with van der Waals surface area (Å²) in [5.41, 5.74) is 9.61. The average molecular weight is 263 g/mol. The third kappa shape index (κ3) is 2.19. The molecule has 98 valence electrons. The summed E-state index contributed by atoms with van der Waals surface area (Å²) in [6.07, 6.45) is 7.49. The van der Waals surface area contributed by atoms with Crippen molar-refractivity contribution < 1.29 is 4.79 Å². The van der Waals surface area contributed by atoms with Crippen LogP contribution >= 0.6 is 0 Å². The number of hydrogen-bond acceptors (Lipinski definition) is 2. The molecule has 2 heterocycles. The molecule has 3 rings (SSSR count). The van der Waals surface area contributed by atoms with E-state index in [0.29, 0.717) is 5.56 Å². The van der Waals surface area contributed by atoms with Gasteiger partial charge in [0.2, 0.25) is 5.91 Å². The van der Waals surface area contributed by atoms with Gasteiger partial charge in [0.25, 0.3) is 0 Å². The average Bonchev–Trinajstić information content (AvgIpc) is 3.13. The molecule has 20 heavy (non-hydrogen) atoms. The Balaban J connectivity index is 2.12. The number of nitrogens with zero attached hydrogens (tertiary/aromatic N) is 1. The fraction of sp³-hybridized carbons (Fsp3) is 0. The van der Waals surface area contributed by atoms with E-state index in [0.717, 1.165) is 22.5 Å². The molecule has 1 aromatic heterocycles. The van der Waals surface area contributed by atoms with Crippen LogP contribution in [-0.2, 0) is 0 Å². The molecule has 3 N–H and O–H groups in total. The Morgan fingerprint density at radius 2 is 1.85 bits per heavy atom. The van der Waals surface area contributed by atoms with Crippen LogP contribution in [0.1, 0.15) is 21.6 Å². The molecule has 1 aliphatic rings. The summed E-state index contributed by atoms with van der Waals surface area (Å²) in [7, 11) is 0. The minimum atomic E-state index is -0.426. The molecule has 1 amide bonds. The lowest BCUT2D eigenvalue weighted by Crippen LogP contribution is -2.10. The molecule has 1 aromatic carbocycles. The second-order valence-corrected chi connectivity index (χ2v) is 4.42. The van der Waals surface area contributed by atoms with Crippen LogP contribution in [0.3, 0.4) is 0 Å². The smallest absolute Gasteiger partial charge is 0.248 e. The fourth-order valence-corrected chi connectivity index (χ4v) is 2.18. The van der Waals surface area contributed by atoms with Gasteiger partial charge in [0.1, 0.15) is 0 Å². The van der Waals surface area contributed by atoms with E-state index in [-0.39, 0.29) is 0 Å². The fourth-order valence-electron chi connectivity index (χ4n) is 2.18. The molecular formula is C16H13N3O. The lowest BCUT2D eigenvalue weighted by atomic mass is 9.99. The number of nitrogens with one attached hydrogen (secondary N) is 1. The van der Waals surface area contributed by atoms with E-state index >= 15 is 0 Å². The lowest BCUT2D eigenvalue weighted by Gasteiger charge is -2.08. The largest absolute Gasteiger partial charge is 0.366 e. The number of amides is 1.